The van der Waals surface area contributed by atoms with Crippen molar-refractivity contribution in [2.75, 3.05) is 0 Å². The topological polar surface area (TPSA) is 40.2 Å². The Labute approximate surface area is 318 Å². The number of benzene rings is 1. The smallest absolute Gasteiger partial charge is 0.398 e. The minimum absolute atomic E-state index is 0.0157. The molecule has 0 saturated carbocycles. The highest BCUT2D eigenvalue weighted by atomic mass is 31.2. The lowest BCUT2D eigenvalue weighted by Crippen LogP contribution is -2.61. The zero-order chi connectivity index (χ0) is 38.8. The van der Waals surface area contributed by atoms with Crippen LogP contribution < -0.4 is 0 Å². The van der Waals surface area contributed by atoms with E-state index in [1.165, 1.54) is 39.0 Å². The summed E-state index contributed by atoms with van der Waals surface area (Å²) in [5.74, 6) is 0.967. The second-order valence-electron chi connectivity index (χ2n) is 21.1. The van der Waals surface area contributed by atoms with E-state index >= 15 is 0 Å². The fraction of sp³-hybridized carbons (Fsp3) is 0.652. The largest absolute Gasteiger partial charge is 0.430 e. The first kappa shape index (κ1) is 41.2. The molecule has 3 atom stereocenters. The second kappa shape index (κ2) is 14.2. The molecule has 288 valence electrons. The SMILES string of the molecule is CC(ON1C(C)(C)CC(OP2OC(C(C)(C)C)=C3C=C(C(C)(C)C)CC/C3=C3\C=C(C(C)(C)C)C=C(C(C)(C)C)C3O2)CC1(C)C)c1ccccc1. The van der Waals surface area contributed by atoms with Crippen LogP contribution in [0.1, 0.15) is 155 Å². The predicted octanol–water partition coefficient (Wildman–Crippen LogP) is 13.7. The van der Waals surface area contributed by atoms with Crippen molar-refractivity contribution >= 4 is 8.60 Å². The predicted molar refractivity (Wildman–Crippen MR) is 218 cm³/mol. The molecule has 1 aromatic rings. The molecule has 0 N–H and O–H groups in total. The molecule has 5 rings (SSSR count). The van der Waals surface area contributed by atoms with Crippen molar-refractivity contribution < 1.29 is 18.4 Å². The second-order valence-corrected chi connectivity index (χ2v) is 22.1. The molecule has 4 aliphatic rings. The first-order valence-electron chi connectivity index (χ1n) is 19.7. The maximum absolute atomic E-state index is 7.30. The molecule has 2 aliphatic heterocycles. The van der Waals surface area contributed by atoms with Crippen molar-refractivity contribution in [1.82, 2.24) is 5.06 Å². The molecule has 52 heavy (non-hydrogen) atoms. The van der Waals surface area contributed by atoms with Gasteiger partial charge in [-0.1, -0.05) is 137 Å². The average Bonchev–Trinajstić information content (AvgIpc) is 2.98. The lowest BCUT2D eigenvalue weighted by atomic mass is 9.69. The van der Waals surface area contributed by atoms with Gasteiger partial charge in [-0.3, -0.25) is 13.9 Å². The van der Waals surface area contributed by atoms with Gasteiger partial charge in [-0.15, -0.1) is 0 Å². The Hall–Kier alpha value is -2.01. The highest BCUT2D eigenvalue weighted by molar-refractivity contribution is 7.41. The summed E-state index contributed by atoms with van der Waals surface area (Å²) in [5.41, 5.74) is 8.17. The zero-order valence-electron chi connectivity index (χ0n) is 35.7. The molecule has 0 amide bonds. The molecule has 0 spiro atoms. The highest BCUT2D eigenvalue weighted by Gasteiger charge is 2.50. The van der Waals surface area contributed by atoms with Crippen molar-refractivity contribution in [3.8, 4) is 0 Å². The standard InChI is InChI=1S/C46H70NO4P/c1-30(31-21-19-18-20-22-31)48-47-45(14,15)28-34(29-46(47,16)17)49-52-50-39-36(26-33(42(5,6)7)27-38(39)43(8,9)10)35-24-23-32(41(2,3)4)25-37(35)40(51-52)44(11,12)13/h18-22,25-27,30,34,39H,23-24,28-29H2,1-17H3/b36-35-,40-37?. The molecule has 1 fully saturated rings. The van der Waals surface area contributed by atoms with Gasteiger partial charge in [0, 0.05) is 22.1 Å². The molecular formula is C46H70NO4P. The number of fused-ring (bicyclic) bond motifs is 2. The first-order valence-corrected chi connectivity index (χ1v) is 20.8. The third-order valence-corrected chi connectivity index (χ3v) is 12.3. The molecule has 6 heteroatoms. The van der Waals surface area contributed by atoms with Crippen molar-refractivity contribution in [2.45, 2.75) is 173 Å². The summed E-state index contributed by atoms with van der Waals surface area (Å²) >= 11 is 0. The molecule has 0 radical (unpaired) electrons. The molecule has 0 bridgehead atoms. The zero-order valence-corrected chi connectivity index (χ0v) is 36.6. The minimum atomic E-state index is -1.78. The van der Waals surface area contributed by atoms with E-state index in [9.17, 15) is 0 Å². The molecule has 2 aliphatic carbocycles. The number of hydroxylamine groups is 2. The van der Waals surface area contributed by atoms with Crippen molar-refractivity contribution in [3.05, 3.63) is 93.3 Å². The van der Waals surface area contributed by atoms with E-state index in [1.807, 2.05) is 0 Å². The normalized spacial score (nSPS) is 27.0. The van der Waals surface area contributed by atoms with Crippen LogP contribution in [0.4, 0.5) is 0 Å². The Balaban J connectivity index is 1.59. The number of allylic oxidation sites excluding steroid dienone is 7. The van der Waals surface area contributed by atoms with Crippen molar-refractivity contribution in [3.63, 3.8) is 0 Å². The summed E-state index contributed by atoms with van der Waals surface area (Å²) in [6, 6.07) is 10.5. The van der Waals surface area contributed by atoms with E-state index in [4.69, 9.17) is 18.4 Å². The Morgan fingerprint density at radius 1 is 0.750 bits per heavy atom. The molecule has 1 aromatic carbocycles. The van der Waals surface area contributed by atoms with E-state index in [0.29, 0.717) is 0 Å². The summed E-state index contributed by atoms with van der Waals surface area (Å²) in [4.78, 5) is 6.79. The molecular weight excluding hydrogens is 661 g/mol. The van der Waals surface area contributed by atoms with Gasteiger partial charge in [0.2, 0.25) is 0 Å². The number of hydrogen-bond acceptors (Lipinski definition) is 5. The van der Waals surface area contributed by atoms with Gasteiger partial charge in [0.05, 0.1) is 6.10 Å². The van der Waals surface area contributed by atoms with Crippen LogP contribution >= 0.6 is 8.60 Å². The Morgan fingerprint density at radius 2 is 1.35 bits per heavy atom. The quantitative estimate of drug-likeness (QED) is 0.282. The highest BCUT2D eigenvalue weighted by Crippen LogP contribution is 2.59. The maximum atomic E-state index is 7.30. The van der Waals surface area contributed by atoms with Crippen LogP contribution in [0.3, 0.4) is 0 Å². The molecule has 2 heterocycles. The lowest BCUT2D eigenvalue weighted by molar-refractivity contribution is -0.312. The van der Waals surface area contributed by atoms with Gasteiger partial charge >= 0.3 is 8.60 Å². The first-order chi connectivity index (χ1) is 23.7. The Morgan fingerprint density at radius 3 is 1.87 bits per heavy atom. The van der Waals surface area contributed by atoms with Crippen LogP contribution in [0.5, 0.6) is 0 Å². The summed E-state index contributed by atoms with van der Waals surface area (Å²) in [6.45, 7) is 38.9. The summed E-state index contributed by atoms with van der Waals surface area (Å²) in [6.07, 6.45) is 10.5. The number of rotatable bonds is 5. The maximum Gasteiger partial charge on any atom is 0.398 e. The van der Waals surface area contributed by atoms with E-state index in [0.717, 1.165) is 31.4 Å². The van der Waals surface area contributed by atoms with Gasteiger partial charge in [-0.25, -0.2) is 0 Å². The molecule has 3 unspecified atom stereocenters. The third kappa shape index (κ3) is 8.92. The van der Waals surface area contributed by atoms with Crippen LogP contribution in [0.25, 0.3) is 0 Å². The molecule has 5 nitrogen and oxygen atoms in total. The van der Waals surface area contributed by atoms with Crippen LogP contribution in [0, 0.1) is 21.7 Å². The van der Waals surface area contributed by atoms with E-state index in [2.05, 4.69) is 171 Å². The fourth-order valence-corrected chi connectivity index (χ4v) is 9.78. The van der Waals surface area contributed by atoms with Crippen LogP contribution in [0.2, 0.25) is 0 Å². The van der Waals surface area contributed by atoms with Gasteiger partial charge in [-0.2, -0.15) is 5.06 Å². The monoisotopic (exact) mass is 732 g/mol. The number of nitrogens with zero attached hydrogens (tertiary/aromatic N) is 1. The lowest BCUT2D eigenvalue weighted by Gasteiger charge is -2.54. The summed E-state index contributed by atoms with van der Waals surface area (Å²) in [5, 5.41) is 2.22. The van der Waals surface area contributed by atoms with Crippen LogP contribution in [0.15, 0.2) is 87.8 Å². The van der Waals surface area contributed by atoms with Crippen molar-refractivity contribution in [2.24, 2.45) is 21.7 Å². The minimum Gasteiger partial charge on any atom is -0.430 e. The van der Waals surface area contributed by atoms with E-state index in [1.54, 1.807) is 0 Å². The van der Waals surface area contributed by atoms with E-state index < -0.39 is 8.60 Å². The van der Waals surface area contributed by atoms with Crippen LogP contribution in [-0.2, 0) is 18.4 Å². The Bertz CT molecular complexity index is 1630. The fourth-order valence-electron chi connectivity index (χ4n) is 8.33. The van der Waals surface area contributed by atoms with Gasteiger partial charge in [0.1, 0.15) is 18.0 Å². The number of piperidine rings is 1. The third-order valence-electron chi connectivity index (χ3n) is 11.1. The summed E-state index contributed by atoms with van der Waals surface area (Å²) in [7, 11) is -1.78. The van der Waals surface area contributed by atoms with Gasteiger partial charge < -0.3 is 4.52 Å². The van der Waals surface area contributed by atoms with Gasteiger partial charge in [0.15, 0.2) is 0 Å². The van der Waals surface area contributed by atoms with Crippen molar-refractivity contribution in [1.29, 1.82) is 0 Å². The molecule has 0 aromatic heterocycles. The Kier molecular flexibility index (Phi) is 11.3. The molecule has 1 saturated heterocycles. The van der Waals surface area contributed by atoms with E-state index in [-0.39, 0.29) is 51.0 Å². The van der Waals surface area contributed by atoms with Gasteiger partial charge in [0.25, 0.3) is 0 Å². The average molecular weight is 732 g/mol. The van der Waals surface area contributed by atoms with Crippen LogP contribution in [-0.4, -0.2) is 28.3 Å². The van der Waals surface area contributed by atoms with Gasteiger partial charge in [-0.05, 0) is 104 Å². The number of hydrogen-bond donors (Lipinski definition) is 0. The summed E-state index contributed by atoms with van der Waals surface area (Å²) < 4.78 is 21.7.